The van der Waals surface area contributed by atoms with Crippen molar-refractivity contribution in [2.24, 2.45) is 0 Å². The average molecular weight is 352 g/mol. The number of anilines is 2. The van der Waals surface area contributed by atoms with Crippen LogP contribution in [0.5, 0.6) is 0 Å². The van der Waals surface area contributed by atoms with E-state index in [0.29, 0.717) is 18.1 Å². The van der Waals surface area contributed by atoms with Crippen molar-refractivity contribution >= 4 is 44.8 Å². The van der Waals surface area contributed by atoms with Crippen molar-refractivity contribution in [2.45, 2.75) is 6.54 Å². The maximum atomic E-state index is 11.8. The van der Waals surface area contributed by atoms with Gasteiger partial charge in [-0.3, -0.25) is 4.79 Å². The van der Waals surface area contributed by atoms with Crippen molar-refractivity contribution in [2.75, 3.05) is 16.8 Å². The molecule has 3 nitrogen and oxygen atoms in total. The lowest BCUT2D eigenvalue weighted by Gasteiger charge is -2.31. The molecule has 5 heteroatoms. The van der Waals surface area contributed by atoms with Crippen molar-refractivity contribution < 1.29 is 4.79 Å². The summed E-state index contributed by atoms with van der Waals surface area (Å²) in [5.74, 6) is -0.00284. The van der Waals surface area contributed by atoms with Gasteiger partial charge < -0.3 is 10.2 Å². The molecule has 2 aromatic rings. The topological polar surface area (TPSA) is 32.3 Å². The summed E-state index contributed by atoms with van der Waals surface area (Å²) in [5, 5.41) is 3.58. The molecule has 0 unspecified atom stereocenters. The highest BCUT2D eigenvalue weighted by molar-refractivity contribution is 9.10. The van der Waals surface area contributed by atoms with Crippen LogP contribution in [-0.4, -0.2) is 12.5 Å². The van der Waals surface area contributed by atoms with E-state index >= 15 is 0 Å². The Morgan fingerprint density at radius 1 is 1.25 bits per heavy atom. The molecule has 1 N–H and O–H groups in total. The molecule has 3 rings (SSSR count). The number of fused-ring (bicyclic) bond motifs is 1. The van der Waals surface area contributed by atoms with Crippen LogP contribution in [0.25, 0.3) is 0 Å². The van der Waals surface area contributed by atoms with Crippen molar-refractivity contribution in [3.63, 3.8) is 0 Å². The van der Waals surface area contributed by atoms with Crippen molar-refractivity contribution in [1.82, 2.24) is 0 Å². The van der Waals surface area contributed by atoms with Crippen LogP contribution in [-0.2, 0) is 11.3 Å². The Labute approximate surface area is 130 Å². The highest BCUT2D eigenvalue weighted by Gasteiger charge is 2.22. The summed E-state index contributed by atoms with van der Waals surface area (Å²) in [6, 6.07) is 13.6. The van der Waals surface area contributed by atoms with E-state index in [0.717, 1.165) is 21.4 Å². The fourth-order valence-electron chi connectivity index (χ4n) is 2.30. The third kappa shape index (κ3) is 2.67. The van der Waals surface area contributed by atoms with Gasteiger partial charge >= 0.3 is 0 Å². The third-order valence-electron chi connectivity index (χ3n) is 3.23. The number of nitrogens with zero attached hydrogens (tertiary/aromatic N) is 1. The summed E-state index contributed by atoms with van der Waals surface area (Å²) >= 11 is 9.65. The second kappa shape index (κ2) is 5.46. The van der Waals surface area contributed by atoms with E-state index in [9.17, 15) is 4.79 Å². The second-order valence-corrected chi connectivity index (χ2v) is 5.98. The lowest BCUT2D eigenvalue weighted by Crippen LogP contribution is -2.37. The van der Waals surface area contributed by atoms with Gasteiger partial charge in [0.05, 0.1) is 17.9 Å². The quantitative estimate of drug-likeness (QED) is 0.885. The van der Waals surface area contributed by atoms with Crippen LogP contribution in [0.4, 0.5) is 11.4 Å². The summed E-state index contributed by atoms with van der Waals surface area (Å²) in [7, 11) is 0. The molecule has 0 fully saturated rings. The Balaban J connectivity index is 1.93. The molecule has 0 atom stereocenters. The summed E-state index contributed by atoms with van der Waals surface area (Å²) < 4.78 is 0.947. The third-order valence-corrected chi connectivity index (χ3v) is 4.07. The highest BCUT2D eigenvalue weighted by atomic mass is 79.9. The normalized spacial score (nSPS) is 13.9. The standard InChI is InChI=1S/C15H12BrClN2O/c16-11-6-5-10(12(17)7-11)8-19-9-15(20)18-13-3-1-2-4-14(13)19/h1-7H,8-9H2,(H,18,20). The van der Waals surface area contributed by atoms with Crippen molar-refractivity contribution in [3.8, 4) is 0 Å². The number of carbonyl (C=O) groups is 1. The lowest BCUT2D eigenvalue weighted by atomic mass is 10.1. The Hall–Kier alpha value is -1.52. The molecule has 1 aliphatic rings. The van der Waals surface area contributed by atoms with Crippen LogP contribution in [0.15, 0.2) is 46.9 Å². The first kappa shape index (κ1) is 13.5. The first-order valence-electron chi connectivity index (χ1n) is 6.21. The Morgan fingerprint density at radius 3 is 2.85 bits per heavy atom. The predicted molar refractivity (Wildman–Crippen MR) is 85.3 cm³/mol. The van der Waals surface area contributed by atoms with E-state index in [1.54, 1.807) is 0 Å². The van der Waals surface area contributed by atoms with E-state index in [1.165, 1.54) is 0 Å². The summed E-state index contributed by atoms with van der Waals surface area (Å²) in [4.78, 5) is 13.8. The fourth-order valence-corrected chi connectivity index (χ4v) is 3.03. The van der Waals surface area contributed by atoms with Crippen LogP contribution in [0.2, 0.25) is 5.02 Å². The van der Waals surface area contributed by atoms with Gasteiger partial charge in [-0.25, -0.2) is 0 Å². The number of benzene rings is 2. The van der Waals surface area contributed by atoms with Crippen LogP contribution >= 0.6 is 27.5 Å². The Morgan fingerprint density at radius 2 is 2.05 bits per heavy atom. The second-order valence-electron chi connectivity index (χ2n) is 4.66. The first-order chi connectivity index (χ1) is 9.63. The molecule has 0 spiro atoms. The molecule has 0 aliphatic carbocycles. The molecule has 102 valence electrons. The van der Waals surface area contributed by atoms with Gasteiger partial charge in [-0.1, -0.05) is 45.7 Å². The molecule has 0 bridgehead atoms. The molecule has 0 saturated carbocycles. The van der Waals surface area contributed by atoms with E-state index in [4.69, 9.17) is 11.6 Å². The number of hydrogen-bond donors (Lipinski definition) is 1. The number of nitrogens with one attached hydrogen (secondary N) is 1. The smallest absolute Gasteiger partial charge is 0.243 e. The molecule has 1 amide bonds. The average Bonchev–Trinajstić information content (AvgIpc) is 2.41. The number of para-hydroxylation sites is 2. The molecule has 0 saturated heterocycles. The zero-order chi connectivity index (χ0) is 14.1. The zero-order valence-corrected chi connectivity index (χ0v) is 12.9. The van der Waals surface area contributed by atoms with Crippen LogP contribution in [0.1, 0.15) is 5.56 Å². The van der Waals surface area contributed by atoms with Gasteiger partial charge in [-0.15, -0.1) is 0 Å². The monoisotopic (exact) mass is 350 g/mol. The first-order valence-corrected chi connectivity index (χ1v) is 7.38. The maximum Gasteiger partial charge on any atom is 0.243 e. The lowest BCUT2D eigenvalue weighted by molar-refractivity contribution is -0.115. The number of rotatable bonds is 2. The minimum atomic E-state index is -0.00284. The van der Waals surface area contributed by atoms with E-state index in [2.05, 4.69) is 21.2 Å². The SMILES string of the molecule is O=C1CN(Cc2ccc(Br)cc2Cl)c2ccccc2N1. The van der Waals surface area contributed by atoms with Gasteiger partial charge in [0.1, 0.15) is 0 Å². The van der Waals surface area contributed by atoms with Crippen molar-refractivity contribution in [1.29, 1.82) is 0 Å². The van der Waals surface area contributed by atoms with Crippen molar-refractivity contribution in [3.05, 3.63) is 57.5 Å². The van der Waals surface area contributed by atoms with E-state index in [1.807, 2.05) is 47.4 Å². The molecular weight excluding hydrogens is 340 g/mol. The van der Waals surface area contributed by atoms with E-state index in [-0.39, 0.29) is 5.91 Å². The molecule has 1 aliphatic heterocycles. The summed E-state index contributed by atoms with van der Waals surface area (Å²) in [6.07, 6.45) is 0. The molecule has 2 aromatic carbocycles. The summed E-state index contributed by atoms with van der Waals surface area (Å²) in [5.41, 5.74) is 2.86. The van der Waals surface area contributed by atoms with Crippen LogP contribution < -0.4 is 10.2 Å². The number of amides is 1. The van der Waals surface area contributed by atoms with Gasteiger partial charge in [-0.05, 0) is 29.8 Å². The number of halogens is 2. The zero-order valence-electron chi connectivity index (χ0n) is 10.6. The molecule has 0 aromatic heterocycles. The molecular formula is C15H12BrClN2O. The number of carbonyl (C=O) groups excluding carboxylic acids is 1. The van der Waals surface area contributed by atoms with Gasteiger partial charge in [0.2, 0.25) is 5.91 Å². The molecule has 1 heterocycles. The molecule has 20 heavy (non-hydrogen) atoms. The molecule has 0 radical (unpaired) electrons. The minimum absolute atomic E-state index is 0.00284. The van der Waals surface area contributed by atoms with Gasteiger partial charge in [-0.2, -0.15) is 0 Å². The highest BCUT2D eigenvalue weighted by Crippen LogP contribution is 2.31. The van der Waals surface area contributed by atoms with Gasteiger partial charge in [0.25, 0.3) is 0 Å². The number of hydrogen-bond acceptors (Lipinski definition) is 2. The predicted octanol–water partition coefficient (Wildman–Crippen LogP) is 4.06. The Bertz CT molecular complexity index is 675. The fraction of sp³-hybridized carbons (Fsp3) is 0.133. The maximum absolute atomic E-state index is 11.8. The van der Waals surface area contributed by atoms with Crippen LogP contribution in [0.3, 0.4) is 0 Å². The van der Waals surface area contributed by atoms with Gasteiger partial charge in [0, 0.05) is 16.0 Å². The minimum Gasteiger partial charge on any atom is -0.356 e. The summed E-state index contributed by atoms with van der Waals surface area (Å²) in [6.45, 7) is 0.944. The largest absolute Gasteiger partial charge is 0.356 e. The Kier molecular flexibility index (Phi) is 3.68. The van der Waals surface area contributed by atoms with E-state index < -0.39 is 0 Å². The van der Waals surface area contributed by atoms with Crippen LogP contribution in [0, 0.1) is 0 Å². The van der Waals surface area contributed by atoms with Gasteiger partial charge in [0.15, 0.2) is 0 Å².